The van der Waals surface area contributed by atoms with Gasteiger partial charge in [0.15, 0.2) is 0 Å². The molecule has 2 N–H and O–H groups in total. The van der Waals surface area contributed by atoms with E-state index < -0.39 is 0 Å². The molecular weight excluding hydrogens is 362 g/mol. The van der Waals surface area contributed by atoms with Gasteiger partial charge in [-0.05, 0) is 43.2 Å². The van der Waals surface area contributed by atoms with Crippen molar-refractivity contribution in [2.45, 2.75) is 42.8 Å². The third-order valence-electron chi connectivity index (χ3n) is 7.83. The molecule has 6 nitrogen and oxygen atoms in total. The zero-order valence-electron chi connectivity index (χ0n) is 15.0. The highest BCUT2D eigenvalue weighted by atomic mass is 35.5. The molecule has 0 radical (unpaired) electrons. The molecule has 2 aromatic heterocycles. The van der Waals surface area contributed by atoms with E-state index in [0.29, 0.717) is 34.4 Å². The molecule has 3 saturated heterocycles. The first-order valence-corrected chi connectivity index (χ1v) is 10.4. The number of anilines is 1. The van der Waals surface area contributed by atoms with E-state index in [4.69, 9.17) is 27.2 Å². The average Bonchev–Trinajstić information content (AvgIpc) is 3.13. The van der Waals surface area contributed by atoms with E-state index >= 15 is 0 Å². The van der Waals surface area contributed by atoms with Crippen molar-refractivity contribution >= 4 is 17.4 Å². The summed E-state index contributed by atoms with van der Waals surface area (Å²) in [5, 5.41) is 5.54. The molecule has 0 spiro atoms. The maximum absolute atomic E-state index is 6.21. The first kappa shape index (κ1) is 15.3. The minimum Gasteiger partial charge on any atom is -0.382 e. The molecule has 2 bridgehead atoms. The van der Waals surface area contributed by atoms with Gasteiger partial charge >= 0.3 is 0 Å². The summed E-state index contributed by atoms with van der Waals surface area (Å²) < 4.78 is 7.80. The smallest absolute Gasteiger partial charge is 0.142 e. The summed E-state index contributed by atoms with van der Waals surface area (Å²) in [7, 11) is 0. The van der Waals surface area contributed by atoms with Crippen molar-refractivity contribution in [1.29, 1.82) is 0 Å². The summed E-state index contributed by atoms with van der Waals surface area (Å²) in [6, 6.07) is 6.12. The van der Waals surface area contributed by atoms with Crippen LogP contribution in [0.3, 0.4) is 0 Å². The lowest BCUT2D eigenvalue weighted by Crippen LogP contribution is -2.48. The quantitative estimate of drug-likeness (QED) is 0.878. The maximum atomic E-state index is 6.21. The Morgan fingerprint density at radius 3 is 2.70 bits per heavy atom. The van der Waals surface area contributed by atoms with Crippen LogP contribution in [0.5, 0.6) is 0 Å². The van der Waals surface area contributed by atoms with Gasteiger partial charge in [-0.15, -0.1) is 0 Å². The van der Waals surface area contributed by atoms with Crippen molar-refractivity contribution in [3.8, 4) is 11.3 Å². The largest absolute Gasteiger partial charge is 0.382 e. The van der Waals surface area contributed by atoms with Gasteiger partial charge in [0.1, 0.15) is 5.82 Å². The number of hydrogen-bond acceptors (Lipinski definition) is 5. The van der Waals surface area contributed by atoms with E-state index in [1.165, 1.54) is 31.5 Å². The number of pyridine rings is 1. The second-order valence-corrected chi connectivity index (χ2v) is 9.34. The summed E-state index contributed by atoms with van der Waals surface area (Å²) >= 11 is 6.21. The summed E-state index contributed by atoms with van der Waals surface area (Å²) in [6.45, 7) is 3.06. The number of aromatic nitrogens is 3. The van der Waals surface area contributed by atoms with Gasteiger partial charge in [-0.2, -0.15) is 5.10 Å². The van der Waals surface area contributed by atoms with Crippen LogP contribution in [0, 0.1) is 11.8 Å². The lowest BCUT2D eigenvalue weighted by molar-refractivity contribution is -0.0601. The third-order valence-corrected chi connectivity index (χ3v) is 8.13. The Balaban J connectivity index is 1.29. The second kappa shape index (κ2) is 4.85. The highest BCUT2D eigenvalue weighted by Crippen LogP contribution is 2.86. The monoisotopic (exact) mass is 383 g/mol. The molecule has 6 fully saturated rings. The van der Waals surface area contributed by atoms with Crippen molar-refractivity contribution < 1.29 is 4.74 Å². The van der Waals surface area contributed by atoms with Gasteiger partial charge in [0.2, 0.25) is 0 Å². The van der Waals surface area contributed by atoms with Gasteiger partial charge in [-0.3, -0.25) is 9.58 Å². The predicted molar refractivity (Wildman–Crippen MR) is 102 cm³/mol. The molecule has 4 atom stereocenters. The van der Waals surface area contributed by atoms with Gasteiger partial charge in [-0.1, -0.05) is 11.6 Å². The highest BCUT2D eigenvalue weighted by Gasteiger charge is 2.94. The Hall–Kier alpha value is -1.63. The van der Waals surface area contributed by atoms with Gasteiger partial charge in [0.25, 0.3) is 0 Å². The van der Waals surface area contributed by atoms with Crippen LogP contribution in [-0.4, -0.2) is 51.5 Å². The number of nitrogen functional groups attached to an aromatic ring is 1. The minimum absolute atomic E-state index is 0.363. The number of rotatable bonds is 4. The molecule has 140 valence electrons. The molecule has 7 heteroatoms. The van der Waals surface area contributed by atoms with Crippen LogP contribution in [0.1, 0.15) is 31.0 Å². The fourth-order valence-electron chi connectivity index (χ4n) is 5.99. The maximum Gasteiger partial charge on any atom is 0.142 e. The number of halogens is 1. The van der Waals surface area contributed by atoms with Crippen LogP contribution in [-0.2, 0) is 10.2 Å². The Kier molecular flexibility index (Phi) is 2.75. The van der Waals surface area contributed by atoms with Crippen LogP contribution in [0.15, 0.2) is 18.3 Å². The van der Waals surface area contributed by atoms with Crippen molar-refractivity contribution in [3.63, 3.8) is 0 Å². The van der Waals surface area contributed by atoms with Crippen molar-refractivity contribution in [2.24, 2.45) is 11.8 Å². The molecular formula is C20H22ClN5O. The van der Waals surface area contributed by atoms with Crippen LogP contribution in [0.25, 0.3) is 11.3 Å². The zero-order chi connectivity index (χ0) is 17.9. The minimum atomic E-state index is 0.363. The number of nitrogens with zero attached hydrogens (tertiary/aromatic N) is 4. The van der Waals surface area contributed by atoms with Crippen molar-refractivity contribution in [3.05, 3.63) is 29.0 Å². The number of fused-ring (bicyclic) bond motifs is 1. The van der Waals surface area contributed by atoms with Crippen LogP contribution in [0.4, 0.5) is 5.82 Å². The SMILES string of the molecule is Nc1ncc(-c2cc([C@@]34C5[C@H]3[C@H]4CN5C3COC3)n(C3CCC3)n2)cc1Cl. The molecule has 27 heavy (non-hydrogen) atoms. The molecule has 1 unspecified atom stereocenters. The lowest BCUT2D eigenvalue weighted by Gasteiger charge is -2.35. The van der Waals surface area contributed by atoms with Gasteiger partial charge < -0.3 is 10.5 Å². The van der Waals surface area contributed by atoms with Crippen molar-refractivity contribution in [1.82, 2.24) is 19.7 Å². The fraction of sp³-hybridized carbons (Fsp3) is 0.600. The molecule has 3 saturated carbocycles. The molecule has 2 aromatic rings. The number of nitrogens with two attached hydrogens (primary N) is 1. The van der Waals surface area contributed by atoms with Gasteiger partial charge in [0.05, 0.1) is 36.0 Å². The molecule has 0 amide bonds. The topological polar surface area (TPSA) is 69.2 Å². The van der Waals surface area contributed by atoms with E-state index in [-0.39, 0.29) is 0 Å². The van der Waals surface area contributed by atoms with Crippen LogP contribution in [0.2, 0.25) is 5.02 Å². The highest BCUT2D eigenvalue weighted by molar-refractivity contribution is 6.33. The molecule has 8 rings (SSSR count). The molecule has 3 aliphatic heterocycles. The van der Waals surface area contributed by atoms with Gasteiger partial charge in [-0.25, -0.2) is 4.98 Å². The van der Waals surface area contributed by atoms with Crippen LogP contribution >= 0.6 is 11.6 Å². The van der Waals surface area contributed by atoms with E-state index in [0.717, 1.165) is 36.3 Å². The standard InChI is InChI=1S/C20H22ClN5O/c21-14-4-10(6-23-19(14)22)15-5-16(26(24-15)11-2-1-3-11)20-13-7-25(12-8-27-9-12)18(20)17(13)20/h4-6,11-13,17-18H,1-3,7-9H2,(H2,22,23)/t13-,17-,18?,20-/m1/s1. The Bertz CT molecular complexity index is 961. The molecule has 5 heterocycles. The van der Waals surface area contributed by atoms with E-state index in [1.54, 1.807) is 6.20 Å². The Morgan fingerprint density at radius 1 is 1.22 bits per heavy atom. The summed E-state index contributed by atoms with van der Waals surface area (Å²) in [4.78, 5) is 6.95. The molecule has 6 aliphatic rings. The summed E-state index contributed by atoms with van der Waals surface area (Å²) in [5.74, 6) is 2.03. The Labute approximate surface area is 162 Å². The Morgan fingerprint density at radius 2 is 2.07 bits per heavy atom. The lowest BCUT2D eigenvalue weighted by atomic mass is 9.92. The third kappa shape index (κ3) is 1.75. The molecule has 3 aliphatic carbocycles. The van der Waals surface area contributed by atoms with Crippen LogP contribution < -0.4 is 5.73 Å². The average molecular weight is 384 g/mol. The van der Waals surface area contributed by atoms with Crippen molar-refractivity contribution in [2.75, 3.05) is 25.5 Å². The molecule has 0 aromatic carbocycles. The van der Waals surface area contributed by atoms with E-state index in [1.807, 2.05) is 6.07 Å². The van der Waals surface area contributed by atoms with E-state index in [9.17, 15) is 0 Å². The normalized spacial score (nSPS) is 37.0. The van der Waals surface area contributed by atoms with E-state index in [2.05, 4.69) is 20.6 Å². The first-order valence-electron chi connectivity index (χ1n) is 10.0. The first-order chi connectivity index (χ1) is 13.2. The fourth-order valence-corrected chi connectivity index (χ4v) is 6.16. The predicted octanol–water partition coefficient (Wildman–Crippen LogP) is 2.49. The number of hydrogen-bond donors (Lipinski definition) is 1. The zero-order valence-corrected chi connectivity index (χ0v) is 15.8. The number of piperidine rings is 1. The summed E-state index contributed by atoms with van der Waals surface area (Å²) in [6.07, 6.45) is 5.58. The number of ether oxygens (including phenoxy) is 1. The van der Waals surface area contributed by atoms with Gasteiger partial charge in [0, 0.05) is 35.5 Å². The summed E-state index contributed by atoms with van der Waals surface area (Å²) in [5.41, 5.74) is 9.55. The second-order valence-electron chi connectivity index (χ2n) is 8.93.